The number of hydrogen-bond acceptors (Lipinski definition) is 5. The highest BCUT2D eigenvalue weighted by atomic mass is 16.5. The molecule has 0 fully saturated rings. The maximum absolute atomic E-state index is 13.4. The van der Waals surface area contributed by atoms with E-state index in [0.29, 0.717) is 24.4 Å². The molecule has 33 heavy (non-hydrogen) atoms. The lowest BCUT2D eigenvalue weighted by Gasteiger charge is -2.39. The van der Waals surface area contributed by atoms with E-state index in [9.17, 15) is 14.7 Å². The number of fused-ring (bicyclic) bond motifs is 1. The van der Waals surface area contributed by atoms with Gasteiger partial charge in [0.25, 0.3) is 5.91 Å². The van der Waals surface area contributed by atoms with Gasteiger partial charge in [-0.05, 0) is 31.2 Å². The van der Waals surface area contributed by atoms with Gasteiger partial charge in [0.1, 0.15) is 6.10 Å². The minimum Gasteiger partial charge on any atom is -0.485 e. The minimum atomic E-state index is -0.363. The molecule has 8 nitrogen and oxygen atoms in total. The first kappa shape index (κ1) is 24.4. The molecule has 8 heteroatoms. The number of rotatable bonds is 6. The number of amides is 3. The van der Waals surface area contributed by atoms with E-state index in [-0.39, 0.29) is 36.6 Å². The van der Waals surface area contributed by atoms with Gasteiger partial charge in [-0.3, -0.25) is 4.79 Å². The van der Waals surface area contributed by atoms with Crippen molar-refractivity contribution in [3.63, 3.8) is 0 Å². The molecule has 2 aromatic carbocycles. The average molecular weight is 455 g/mol. The van der Waals surface area contributed by atoms with Gasteiger partial charge in [0.05, 0.1) is 30.4 Å². The monoisotopic (exact) mass is 454 g/mol. The number of carbonyl (C=O) groups excluding carboxylic acids is 2. The molecule has 3 atom stereocenters. The van der Waals surface area contributed by atoms with E-state index in [1.54, 1.807) is 22.9 Å². The summed E-state index contributed by atoms with van der Waals surface area (Å²) in [6.45, 7) is 4.44. The molecule has 178 valence electrons. The predicted molar refractivity (Wildman–Crippen MR) is 130 cm³/mol. The average Bonchev–Trinajstić information content (AvgIpc) is 2.80. The van der Waals surface area contributed by atoms with E-state index in [0.717, 1.165) is 11.4 Å². The summed E-state index contributed by atoms with van der Waals surface area (Å²) in [5.74, 6) is 0.241. The van der Waals surface area contributed by atoms with Gasteiger partial charge in [-0.15, -0.1) is 0 Å². The first-order valence-electron chi connectivity index (χ1n) is 11.2. The van der Waals surface area contributed by atoms with E-state index in [1.807, 2.05) is 75.3 Å². The van der Waals surface area contributed by atoms with E-state index < -0.39 is 0 Å². The van der Waals surface area contributed by atoms with E-state index in [4.69, 9.17) is 4.74 Å². The van der Waals surface area contributed by atoms with Crippen LogP contribution in [0.25, 0.3) is 0 Å². The Labute approximate surface area is 195 Å². The maximum Gasteiger partial charge on any atom is 0.321 e. The van der Waals surface area contributed by atoms with Crippen molar-refractivity contribution in [1.82, 2.24) is 9.80 Å². The fourth-order valence-electron chi connectivity index (χ4n) is 3.89. The van der Waals surface area contributed by atoms with Gasteiger partial charge in [0.2, 0.25) is 0 Å². The fraction of sp³-hybridized carbons (Fsp3) is 0.440. The van der Waals surface area contributed by atoms with Gasteiger partial charge in [0, 0.05) is 39.3 Å². The fourth-order valence-corrected chi connectivity index (χ4v) is 3.89. The van der Waals surface area contributed by atoms with Crippen molar-refractivity contribution in [1.29, 1.82) is 0 Å². The van der Waals surface area contributed by atoms with E-state index >= 15 is 0 Å². The highest BCUT2D eigenvalue weighted by molar-refractivity contribution is 5.99. The highest BCUT2D eigenvalue weighted by Gasteiger charge is 2.35. The van der Waals surface area contributed by atoms with Crippen molar-refractivity contribution in [2.45, 2.75) is 26.0 Å². The Morgan fingerprint density at radius 1 is 1.18 bits per heavy atom. The molecule has 2 aromatic rings. The molecule has 0 unspecified atom stereocenters. The lowest BCUT2D eigenvalue weighted by molar-refractivity contribution is 0.0372. The molecule has 0 saturated carbocycles. The highest BCUT2D eigenvalue weighted by Crippen LogP contribution is 2.36. The number of urea groups is 1. The second-order valence-corrected chi connectivity index (χ2v) is 8.85. The number of anilines is 2. The number of likely N-dealkylation sites (N-methyl/N-ethyl adjacent to an activating group) is 1. The summed E-state index contributed by atoms with van der Waals surface area (Å²) in [7, 11) is 5.52. The van der Waals surface area contributed by atoms with Gasteiger partial charge < -0.3 is 29.9 Å². The van der Waals surface area contributed by atoms with Crippen LogP contribution in [0.15, 0.2) is 48.5 Å². The Kier molecular flexibility index (Phi) is 7.81. The number of benzene rings is 2. The number of aliphatic hydroxyl groups excluding tert-OH is 1. The number of nitrogens with one attached hydrogen (secondary N) is 1. The number of ether oxygens (including phenoxy) is 1. The molecule has 0 spiro atoms. The lowest BCUT2D eigenvalue weighted by atomic mass is 9.99. The molecule has 1 aliphatic rings. The summed E-state index contributed by atoms with van der Waals surface area (Å²) in [4.78, 5) is 31.4. The number of aliphatic hydroxyl groups is 1. The smallest absolute Gasteiger partial charge is 0.321 e. The van der Waals surface area contributed by atoms with Crippen molar-refractivity contribution in [3.05, 3.63) is 54.1 Å². The quantitative estimate of drug-likeness (QED) is 0.701. The third kappa shape index (κ3) is 5.57. The lowest BCUT2D eigenvalue weighted by Crippen LogP contribution is -2.50. The largest absolute Gasteiger partial charge is 0.485 e. The minimum absolute atomic E-state index is 0.0849. The van der Waals surface area contributed by atoms with Crippen LogP contribution in [0.1, 0.15) is 24.2 Å². The van der Waals surface area contributed by atoms with Gasteiger partial charge >= 0.3 is 6.03 Å². The molecule has 1 aliphatic heterocycles. The summed E-state index contributed by atoms with van der Waals surface area (Å²) >= 11 is 0. The van der Waals surface area contributed by atoms with Crippen LogP contribution in [0.3, 0.4) is 0 Å². The standard InChI is InChI=1S/C25H34N4O4/c1-17-14-29(18(2)16-30)24(31)20-12-9-13-21(27(3)4)23(20)33-22(17)15-28(5)25(32)26-19-10-7-6-8-11-19/h6-13,17-18,22,30H,14-16H2,1-5H3,(H,26,32)/t17-,18+,22+/m0/s1. The molecule has 0 aliphatic carbocycles. The first-order valence-corrected chi connectivity index (χ1v) is 11.2. The van der Waals surface area contributed by atoms with Crippen LogP contribution in [0, 0.1) is 5.92 Å². The normalized spacial score (nSPS) is 19.0. The second-order valence-electron chi connectivity index (χ2n) is 8.85. The zero-order valence-corrected chi connectivity index (χ0v) is 20.0. The number of para-hydroxylation sites is 2. The molecule has 3 rings (SSSR count). The summed E-state index contributed by atoms with van der Waals surface area (Å²) in [6.07, 6.45) is -0.363. The number of hydrogen-bond donors (Lipinski definition) is 2. The van der Waals surface area contributed by atoms with Gasteiger partial charge in [-0.1, -0.05) is 31.2 Å². The van der Waals surface area contributed by atoms with Crippen LogP contribution in [0.2, 0.25) is 0 Å². The molecule has 1 heterocycles. The van der Waals surface area contributed by atoms with E-state index in [2.05, 4.69) is 5.32 Å². The van der Waals surface area contributed by atoms with Crippen LogP contribution in [-0.4, -0.2) is 79.8 Å². The molecule has 0 saturated heterocycles. The first-order chi connectivity index (χ1) is 15.7. The number of nitrogens with zero attached hydrogens (tertiary/aromatic N) is 3. The molecule has 0 bridgehead atoms. The summed E-state index contributed by atoms with van der Waals surface area (Å²) < 4.78 is 6.47. The molecule has 0 aromatic heterocycles. The van der Waals surface area contributed by atoms with Crippen molar-refractivity contribution in [2.24, 2.45) is 5.92 Å². The molecular formula is C25H34N4O4. The summed E-state index contributed by atoms with van der Waals surface area (Å²) in [5.41, 5.74) is 1.96. The second kappa shape index (κ2) is 10.6. The summed E-state index contributed by atoms with van der Waals surface area (Å²) in [6, 6.07) is 14.2. The maximum atomic E-state index is 13.4. The molecule has 3 amide bonds. The Morgan fingerprint density at radius 2 is 1.88 bits per heavy atom. The van der Waals surface area contributed by atoms with Gasteiger partial charge in [-0.2, -0.15) is 0 Å². The Morgan fingerprint density at radius 3 is 2.52 bits per heavy atom. The van der Waals surface area contributed by atoms with Gasteiger partial charge in [0.15, 0.2) is 5.75 Å². The van der Waals surface area contributed by atoms with Crippen molar-refractivity contribution >= 4 is 23.3 Å². The van der Waals surface area contributed by atoms with Crippen LogP contribution in [0.4, 0.5) is 16.2 Å². The SMILES string of the molecule is C[C@H](CO)N1C[C@H](C)[C@@H](CN(C)C(=O)Nc2ccccc2)Oc2c(cccc2N(C)C)C1=O. The molecule has 0 radical (unpaired) electrons. The molecule has 2 N–H and O–H groups in total. The van der Waals surface area contributed by atoms with Crippen LogP contribution in [-0.2, 0) is 0 Å². The predicted octanol–water partition coefficient (Wildman–Crippen LogP) is 3.14. The van der Waals surface area contributed by atoms with Crippen LogP contribution in [0.5, 0.6) is 5.75 Å². The Bertz CT molecular complexity index is 966. The Hall–Kier alpha value is -3.26. The molecular weight excluding hydrogens is 420 g/mol. The van der Waals surface area contributed by atoms with Crippen molar-refractivity contribution in [2.75, 3.05) is 51.1 Å². The number of carbonyl (C=O) groups is 2. The van der Waals surface area contributed by atoms with Crippen LogP contribution >= 0.6 is 0 Å². The third-order valence-electron chi connectivity index (χ3n) is 5.98. The third-order valence-corrected chi connectivity index (χ3v) is 5.98. The Balaban J connectivity index is 1.91. The van der Waals surface area contributed by atoms with Gasteiger partial charge in [-0.25, -0.2) is 4.79 Å². The topological polar surface area (TPSA) is 85.3 Å². The van der Waals surface area contributed by atoms with Crippen molar-refractivity contribution in [3.8, 4) is 5.75 Å². The van der Waals surface area contributed by atoms with Crippen LogP contribution < -0.4 is 15.0 Å². The zero-order valence-electron chi connectivity index (χ0n) is 20.0. The summed E-state index contributed by atoms with van der Waals surface area (Å²) in [5, 5.41) is 12.7. The zero-order chi connectivity index (χ0) is 24.1. The van der Waals surface area contributed by atoms with Crippen molar-refractivity contribution < 1.29 is 19.4 Å². The van der Waals surface area contributed by atoms with E-state index in [1.165, 1.54) is 0 Å².